The van der Waals surface area contributed by atoms with Gasteiger partial charge >= 0.3 is 0 Å². The van der Waals surface area contributed by atoms with E-state index in [4.69, 9.17) is 9.47 Å². The monoisotopic (exact) mass is 442 g/mol. The average Bonchev–Trinajstić information content (AvgIpc) is 3.47. The van der Waals surface area contributed by atoms with Gasteiger partial charge in [0.25, 0.3) is 5.91 Å². The summed E-state index contributed by atoms with van der Waals surface area (Å²) in [6.07, 6.45) is 0. The van der Waals surface area contributed by atoms with E-state index in [1.165, 1.54) is 18.4 Å². The minimum Gasteiger partial charge on any atom is -0.493 e. The topological polar surface area (TPSA) is 67.9 Å². The quantitative estimate of drug-likeness (QED) is 0.625. The first-order chi connectivity index (χ1) is 14.5. The van der Waals surface area contributed by atoms with Crippen molar-refractivity contribution in [1.82, 2.24) is 10.2 Å². The normalized spacial score (nSPS) is 18.1. The predicted octanol–water partition coefficient (Wildman–Crippen LogP) is 4.05. The van der Waals surface area contributed by atoms with Crippen molar-refractivity contribution in [3.05, 3.63) is 68.0 Å². The Kier molecular flexibility index (Phi) is 5.78. The number of nitrogens with one attached hydrogen (secondary N) is 1. The lowest BCUT2D eigenvalue weighted by Crippen LogP contribution is -2.45. The van der Waals surface area contributed by atoms with Crippen LogP contribution in [0.1, 0.15) is 37.6 Å². The molecule has 1 aliphatic rings. The highest BCUT2D eigenvalue weighted by atomic mass is 32.1. The maximum atomic E-state index is 13.5. The lowest BCUT2D eigenvalue weighted by molar-refractivity contribution is -0.124. The molecule has 2 aromatic heterocycles. The van der Waals surface area contributed by atoms with Crippen LogP contribution in [0.4, 0.5) is 0 Å². The Balaban J connectivity index is 1.80. The van der Waals surface area contributed by atoms with Crippen molar-refractivity contribution in [2.75, 3.05) is 21.3 Å². The van der Waals surface area contributed by atoms with E-state index in [0.717, 1.165) is 9.75 Å². The number of benzene rings is 1. The smallest absolute Gasteiger partial charge is 0.254 e. The molecule has 6 nitrogen and oxygen atoms in total. The second-order valence-corrected chi connectivity index (χ2v) is 8.96. The van der Waals surface area contributed by atoms with Gasteiger partial charge in [-0.15, -0.1) is 22.7 Å². The summed E-state index contributed by atoms with van der Waals surface area (Å²) in [5, 5.41) is 6.99. The van der Waals surface area contributed by atoms with Gasteiger partial charge in [0.15, 0.2) is 11.5 Å². The second-order valence-electron chi connectivity index (χ2n) is 6.95. The molecular formula is C22H22N2O4S2. The first kappa shape index (κ1) is 20.4. The van der Waals surface area contributed by atoms with Gasteiger partial charge in [-0.3, -0.25) is 9.59 Å². The summed E-state index contributed by atoms with van der Waals surface area (Å²) in [7, 11) is 4.82. The Bertz CT molecular complexity index is 1050. The number of rotatable bonds is 6. The molecule has 0 radical (unpaired) electrons. The maximum absolute atomic E-state index is 13.5. The van der Waals surface area contributed by atoms with E-state index in [2.05, 4.69) is 5.32 Å². The minimum absolute atomic E-state index is 0.130. The van der Waals surface area contributed by atoms with E-state index >= 15 is 0 Å². The summed E-state index contributed by atoms with van der Waals surface area (Å²) >= 11 is 3.13. The SMILES string of the molecule is COc1cc2c(cc1OC)C(C(=O)NCc1cccs1)C(c1cccs1)N(C)C2=O. The number of ether oxygens (including phenoxy) is 2. The van der Waals surface area contributed by atoms with Gasteiger partial charge in [0.1, 0.15) is 0 Å². The molecule has 2 atom stereocenters. The Labute approximate surface area is 183 Å². The molecule has 1 N–H and O–H groups in total. The zero-order valence-corrected chi connectivity index (χ0v) is 18.5. The molecule has 156 valence electrons. The van der Waals surface area contributed by atoms with Crippen molar-refractivity contribution >= 4 is 34.5 Å². The van der Waals surface area contributed by atoms with Crippen LogP contribution < -0.4 is 14.8 Å². The van der Waals surface area contributed by atoms with Gasteiger partial charge in [-0.25, -0.2) is 0 Å². The highest BCUT2D eigenvalue weighted by Crippen LogP contribution is 2.46. The molecule has 3 aromatic rings. The largest absolute Gasteiger partial charge is 0.493 e. The van der Waals surface area contributed by atoms with Gasteiger partial charge in [0.05, 0.1) is 32.7 Å². The van der Waals surface area contributed by atoms with Crippen LogP contribution in [0, 0.1) is 0 Å². The molecule has 1 aromatic carbocycles. The van der Waals surface area contributed by atoms with Crippen LogP contribution in [0.15, 0.2) is 47.2 Å². The molecule has 8 heteroatoms. The Hall–Kier alpha value is -2.84. The zero-order valence-electron chi connectivity index (χ0n) is 16.9. The number of hydrogen-bond donors (Lipinski definition) is 1. The van der Waals surface area contributed by atoms with Crippen molar-refractivity contribution in [2.24, 2.45) is 0 Å². The molecule has 2 amide bonds. The average molecular weight is 443 g/mol. The summed E-state index contributed by atoms with van der Waals surface area (Å²) in [6, 6.07) is 10.9. The molecule has 30 heavy (non-hydrogen) atoms. The highest BCUT2D eigenvalue weighted by molar-refractivity contribution is 7.10. The number of carbonyl (C=O) groups excluding carboxylic acids is 2. The Morgan fingerprint density at radius 3 is 2.43 bits per heavy atom. The van der Waals surface area contributed by atoms with Gasteiger partial charge in [-0.05, 0) is 40.6 Å². The van der Waals surface area contributed by atoms with Crippen molar-refractivity contribution in [3.63, 3.8) is 0 Å². The molecule has 0 bridgehead atoms. The summed E-state index contributed by atoms with van der Waals surface area (Å²) in [6.45, 7) is 0.449. The summed E-state index contributed by atoms with van der Waals surface area (Å²) in [4.78, 5) is 30.3. The van der Waals surface area contributed by atoms with Crippen molar-refractivity contribution < 1.29 is 19.1 Å². The standard InChI is InChI=1S/C22H22N2O4S2/c1-24-20(18-7-5-9-30-18)19(21(25)23-12-13-6-4-8-29-13)14-10-16(27-2)17(28-3)11-15(14)22(24)26/h4-11,19-20H,12H2,1-3H3,(H,23,25). The fraction of sp³-hybridized carbons (Fsp3) is 0.273. The van der Waals surface area contributed by atoms with Gasteiger partial charge < -0.3 is 19.7 Å². The number of methoxy groups -OCH3 is 2. The third kappa shape index (κ3) is 3.57. The van der Waals surface area contributed by atoms with E-state index in [0.29, 0.717) is 29.2 Å². The van der Waals surface area contributed by atoms with E-state index in [1.807, 2.05) is 35.0 Å². The fourth-order valence-electron chi connectivity index (χ4n) is 3.84. The van der Waals surface area contributed by atoms with Crippen LogP contribution >= 0.6 is 22.7 Å². The number of thiophene rings is 2. The Morgan fingerprint density at radius 1 is 1.10 bits per heavy atom. The second kappa shape index (κ2) is 8.49. The molecular weight excluding hydrogens is 420 g/mol. The predicted molar refractivity (Wildman–Crippen MR) is 118 cm³/mol. The molecule has 0 aliphatic carbocycles. The first-order valence-electron chi connectivity index (χ1n) is 9.41. The van der Waals surface area contributed by atoms with Crippen LogP contribution in [0.3, 0.4) is 0 Å². The van der Waals surface area contributed by atoms with E-state index in [1.54, 1.807) is 42.5 Å². The summed E-state index contributed by atoms with van der Waals surface area (Å²) in [5.41, 5.74) is 1.11. The van der Waals surface area contributed by atoms with E-state index in [9.17, 15) is 9.59 Å². The molecule has 0 saturated carbocycles. The number of hydrogen-bond acceptors (Lipinski definition) is 6. The lowest BCUT2D eigenvalue weighted by Gasteiger charge is -2.39. The number of likely N-dealkylation sites (N-methyl/N-ethyl adjacent to an activating group) is 1. The minimum atomic E-state index is -0.568. The first-order valence-corrected chi connectivity index (χ1v) is 11.2. The third-order valence-electron chi connectivity index (χ3n) is 5.31. The van der Waals surface area contributed by atoms with Crippen LogP contribution in [-0.4, -0.2) is 38.0 Å². The van der Waals surface area contributed by atoms with E-state index in [-0.39, 0.29) is 11.8 Å². The highest BCUT2D eigenvalue weighted by Gasteiger charge is 2.44. The number of carbonyl (C=O) groups is 2. The number of nitrogens with zero attached hydrogens (tertiary/aromatic N) is 1. The lowest BCUT2D eigenvalue weighted by atomic mass is 9.81. The molecule has 1 aliphatic heterocycles. The zero-order chi connectivity index (χ0) is 21.3. The van der Waals surface area contributed by atoms with Crippen LogP contribution in [0.5, 0.6) is 11.5 Å². The van der Waals surface area contributed by atoms with Crippen LogP contribution in [-0.2, 0) is 11.3 Å². The van der Waals surface area contributed by atoms with Gasteiger partial charge in [-0.1, -0.05) is 12.1 Å². The molecule has 3 heterocycles. The van der Waals surface area contributed by atoms with Gasteiger partial charge in [-0.2, -0.15) is 0 Å². The molecule has 2 unspecified atom stereocenters. The third-order valence-corrected chi connectivity index (χ3v) is 7.13. The molecule has 0 fully saturated rings. The van der Waals surface area contributed by atoms with E-state index < -0.39 is 12.0 Å². The summed E-state index contributed by atoms with van der Waals surface area (Å²) < 4.78 is 10.8. The number of fused-ring (bicyclic) bond motifs is 1. The van der Waals surface area contributed by atoms with Crippen molar-refractivity contribution in [2.45, 2.75) is 18.5 Å². The fourth-order valence-corrected chi connectivity index (χ4v) is 5.39. The number of amides is 2. The molecule has 0 saturated heterocycles. The molecule has 4 rings (SSSR count). The summed E-state index contributed by atoms with van der Waals surface area (Å²) in [5.74, 6) is 0.113. The van der Waals surface area contributed by atoms with Gasteiger partial charge in [0.2, 0.25) is 5.91 Å². The van der Waals surface area contributed by atoms with Gasteiger partial charge in [0, 0.05) is 22.4 Å². The van der Waals surface area contributed by atoms with Crippen molar-refractivity contribution in [1.29, 1.82) is 0 Å². The molecule has 0 spiro atoms. The maximum Gasteiger partial charge on any atom is 0.254 e. The van der Waals surface area contributed by atoms with Crippen LogP contribution in [0.25, 0.3) is 0 Å². The van der Waals surface area contributed by atoms with Crippen LogP contribution in [0.2, 0.25) is 0 Å². The Morgan fingerprint density at radius 2 is 1.80 bits per heavy atom. The van der Waals surface area contributed by atoms with Crippen molar-refractivity contribution in [3.8, 4) is 11.5 Å².